The summed E-state index contributed by atoms with van der Waals surface area (Å²) in [4.78, 5) is 22.4. The van der Waals surface area contributed by atoms with E-state index in [0.29, 0.717) is 19.4 Å². The first-order valence-corrected chi connectivity index (χ1v) is 5.75. The van der Waals surface area contributed by atoms with Gasteiger partial charge in [-0.05, 0) is 19.8 Å². The molecule has 0 bridgehead atoms. The van der Waals surface area contributed by atoms with Crippen LogP contribution in [0.5, 0.6) is 0 Å². The van der Waals surface area contributed by atoms with E-state index in [1.165, 1.54) is 0 Å². The van der Waals surface area contributed by atoms with Crippen molar-refractivity contribution < 1.29 is 19.4 Å². The molecule has 0 aromatic carbocycles. The molecule has 0 aliphatic heterocycles. The third kappa shape index (κ3) is 5.26. The number of carboxylic acid groups (broad SMARTS) is 1. The molecule has 2 N–H and O–H groups in total. The first-order valence-electron chi connectivity index (χ1n) is 5.75. The van der Waals surface area contributed by atoms with Crippen molar-refractivity contribution in [3.63, 3.8) is 0 Å². The van der Waals surface area contributed by atoms with E-state index in [-0.39, 0.29) is 57.9 Å². The van der Waals surface area contributed by atoms with Crippen LogP contribution in [-0.4, -0.2) is 81.7 Å². The normalized spacial score (nSPS) is 17.7. The molecule has 0 heterocycles. The van der Waals surface area contributed by atoms with Crippen molar-refractivity contribution >= 4 is 63.4 Å². The van der Waals surface area contributed by atoms with Crippen LogP contribution in [0.3, 0.4) is 0 Å². The Morgan fingerprint density at radius 1 is 1.29 bits per heavy atom. The van der Waals surface area contributed by atoms with Crippen LogP contribution < -0.4 is 5.32 Å². The summed E-state index contributed by atoms with van der Waals surface area (Å²) in [6.45, 7) is 2.18. The van der Waals surface area contributed by atoms with Gasteiger partial charge in [0.05, 0.1) is 12.0 Å². The molecule has 1 radical (unpaired) electrons. The minimum atomic E-state index is -0.816. The number of hydrogen-bond acceptors (Lipinski definition) is 3. The fourth-order valence-corrected chi connectivity index (χ4v) is 2.12. The van der Waals surface area contributed by atoms with Gasteiger partial charge in [-0.15, -0.1) is 0 Å². The summed E-state index contributed by atoms with van der Waals surface area (Å²) in [6, 6.07) is 0. The molecule has 1 amide bonds. The molecule has 0 atom stereocenters. The van der Waals surface area contributed by atoms with E-state index in [9.17, 15) is 14.7 Å². The topological polar surface area (TPSA) is 75.6 Å². The molecule has 1 rings (SSSR count). The Kier molecular flexibility index (Phi) is 8.66. The number of amides is 1. The molecule has 5 nitrogen and oxygen atoms in total. The van der Waals surface area contributed by atoms with Crippen LogP contribution in [0.2, 0.25) is 0 Å². The summed E-state index contributed by atoms with van der Waals surface area (Å²) in [5.74, 6) is -0.816. The first-order chi connectivity index (χ1) is 7.60. The van der Waals surface area contributed by atoms with Gasteiger partial charge in [0.2, 0.25) is 0 Å². The number of rotatable bonds is 4. The third-order valence-corrected chi connectivity index (χ3v) is 3.11. The van der Waals surface area contributed by atoms with Crippen LogP contribution in [0.1, 0.15) is 39.0 Å². The minimum Gasteiger partial charge on any atom is -0.481 e. The van der Waals surface area contributed by atoms with Crippen LogP contribution in [-0.2, 0) is 9.53 Å². The van der Waals surface area contributed by atoms with Gasteiger partial charge >= 0.3 is 12.1 Å². The molecule has 1 saturated carbocycles. The van der Waals surface area contributed by atoms with Crippen LogP contribution >= 0.6 is 0 Å². The average Bonchev–Trinajstić information content (AvgIpc) is 2.28. The molecule has 0 aromatic heterocycles. The van der Waals surface area contributed by atoms with Crippen molar-refractivity contribution in [2.75, 3.05) is 13.2 Å². The Hall–Kier alpha value is 0.376. The van der Waals surface area contributed by atoms with Gasteiger partial charge in [-0.2, -0.15) is 0 Å². The second-order valence-electron chi connectivity index (χ2n) is 4.22. The smallest absolute Gasteiger partial charge is 0.407 e. The Balaban J connectivity index is 0.00000256. The standard InChI is InChI=1S/C11H19NO4.K/c1-2-16-10(15)12-8-11(9(13)14)6-4-3-5-7-11;/h2-8H2,1H3,(H,12,15)(H,13,14);. The van der Waals surface area contributed by atoms with Gasteiger partial charge in [-0.3, -0.25) is 4.79 Å². The fraction of sp³-hybridized carbons (Fsp3) is 0.818. The second kappa shape index (κ2) is 8.47. The summed E-state index contributed by atoms with van der Waals surface area (Å²) in [6.07, 6.45) is 3.64. The Labute approximate surface area is 144 Å². The zero-order chi connectivity index (χ0) is 12.0. The van der Waals surface area contributed by atoms with Crippen LogP contribution in [0.15, 0.2) is 0 Å². The number of hydrogen-bond donors (Lipinski definition) is 2. The number of ether oxygens (including phenoxy) is 1. The van der Waals surface area contributed by atoms with Gasteiger partial charge in [0.15, 0.2) is 0 Å². The van der Waals surface area contributed by atoms with E-state index in [0.717, 1.165) is 19.3 Å². The monoisotopic (exact) mass is 268 g/mol. The van der Waals surface area contributed by atoms with Gasteiger partial charge in [0, 0.05) is 57.9 Å². The van der Waals surface area contributed by atoms with Crippen LogP contribution in [0.4, 0.5) is 4.79 Å². The maximum Gasteiger partial charge on any atom is 0.407 e. The van der Waals surface area contributed by atoms with Crippen molar-refractivity contribution in [2.45, 2.75) is 39.0 Å². The maximum absolute atomic E-state index is 11.3. The number of carbonyl (C=O) groups is 2. The molecule has 1 fully saturated rings. The van der Waals surface area contributed by atoms with E-state index in [4.69, 9.17) is 4.74 Å². The quantitative estimate of drug-likeness (QED) is 0.755. The number of nitrogens with one attached hydrogen (secondary N) is 1. The van der Waals surface area contributed by atoms with Crippen LogP contribution in [0.25, 0.3) is 0 Å². The van der Waals surface area contributed by atoms with Gasteiger partial charge in [-0.25, -0.2) is 4.79 Å². The molecule has 6 heteroatoms. The molecular weight excluding hydrogens is 249 g/mol. The van der Waals surface area contributed by atoms with Crippen molar-refractivity contribution in [1.82, 2.24) is 5.32 Å². The summed E-state index contributed by atoms with van der Waals surface area (Å²) in [5, 5.41) is 11.8. The fourth-order valence-electron chi connectivity index (χ4n) is 2.12. The predicted molar refractivity (Wildman–Crippen MR) is 63.9 cm³/mol. The molecule has 17 heavy (non-hydrogen) atoms. The minimum absolute atomic E-state index is 0. The van der Waals surface area contributed by atoms with Gasteiger partial charge in [0.25, 0.3) is 0 Å². The second-order valence-corrected chi connectivity index (χ2v) is 4.22. The van der Waals surface area contributed by atoms with Crippen LogP contribution in [0, 0.1) is 5.41 Å². The molecule has 0 saturated heterocycles. The molecule has 93 valence electrons. The molecular formula is C11H19KNO4. The predicted octanol–water partition coefficient (Wildman–Crippen LogP) is 1.39. The molecule has 0 aromatic rings. The molecule has 0 unspecified atom stereocenters. The molecule has 0 spiro atoms. The Bertz CT molecular complexity index is 264. The number of carbonyl (C=O) groups excluding carboxylic acids is 1. The zero-order valence-corrected chi connectivity index (χ0v) is 13.7. The summed E-state index contributed by atoms with van der Waals surface area (Å²) in [7, 11) is 0. The Morgan fingerprint density at radius 3 is 2.35 bits per heavy atom. The average molecular weight is 268 g/mol. The van der Waals surface area contributed by atoms with Crippen molar-refractivity contribution in [3.8, 4) is 0 Å². The SMILES string of the molecule is CCOC(=O)NCC1(C(=O)O)CCCCC1.[K]. The number of alkyl carbamates (subject to hydrolysis) is 1. The zero-order valence-electron chi connectivity index (χ0n) is 10.6. The summed E-state index contributed by atoms with van der Waals surface area (Å²) >= 11 is 0. The first kappa shape index (κ1) is 17.4. The van der Waals surface area contributed by atoms with E-state index < -0.39 is 17.5 Å². The third-order valence-electron chi connectivity index (χ3n) is 3.11. The Morgan fingerprint density at radius 2 is 1.88 bits per heavy atom. The van der Waals surface area contributed by atoms with Crippen molar-refractivity contribution in [2.24, 2.45) is 5.41 Å². The van der Waals surface area contributed by atoms with E-state index in [2.05, 4.69) is 5.32 Å². The van der Waals surface area contributed by atoms with Gasteiger partial charge in [0.1, 0.15) is 0 Å². The van der Waals surface area contributed by atoms with Crippen molar-refractivity contribution in [3.05, 3.63) is 0 Å². The molecule has 1 aliphatic rings. The maximum atomic E-state index is 11.3. The number of aliphatic carboxylic acids is 1. The summed E-state index contributed by atoms with van der Waals surface area (Å²) < 4.78 is 4.71. The van der Waals surface area contributed by atoms with E-state index in [1.54, 1.807) is 6.92 Å². The van der Waals surface area contributed by atoms with Gasteiger partial charge in [-0.1, -0.05) is 19.3 Å². The summed E-state index contributed by atoms with van der Waals surface area (Å²) in [5.41, 5.74) is -0.787. The largest absolute Gasteiger partial charge is 0.481 e. The number of carboxylic acids is 1. The van der Waals surface area contributed by atoms with Crippen molar-refractivity contribution in [1.29, 1.82) is 0 Å². The van der Waals surface area contributed by atoms with E-state index in [1.807, 2.05) is 0 Å². The van der Waals surface area contributed by atoms with Gasteiger partial charge < -0.3 is 15.2 Å². The molecule has 1 aliphatic carbocycles. The van der Waals surface area contributed by atoms with E-state index >= 15 is 0 Å².